The molecule has 0 aromatic carbocycles. The van der Waals surface area contributed by atoms with Gasteiger partial charge in [0.25, 0.3) is 0 Å². The number of nitrogen functional groups attached to an aromatic ring is 1. The van der Waals surface area contributed by atoms with E-state index in [4.69, 9.17) is 10.5 Å². The van der Waals surface area contributed by atoms with Crippen molar-refractivity contribution in [1.29, 1.82) is 0 Å². The lowest BCUT2D eigenvalue weighted by atomic mass is 10.0. The molecule has 3 aliphatic heterocycles. The highest BCUT2D eigenvalue weighted by molar-refractivity contribution is 8.00. The summed E-state index contributed by atoms with van der Waals surface area (Å²) in [4.78, 5) is 35.6. The first-order chi connectivity index (χ1) is 22.8. The molecule has 9 N–H and O–H groups in total. The van der Waals surface area contributed by atoms with Gasteiger partial charge in [-0.15, -0.1) is 0 Å². The second-order valence-corrected chi connectivity index (χ2v) is 14.9. The van der Waals surface area contributed by atoms with Gasteiger partial charge < -0.3 is 47.1 Å². The zero-order valence-electron chi connectivity index (χ0n) is 26.6. The summed E-state index contributed by atoms with van der Waals surface area (Å²) in [5, 5.41) is 44.2. The van der Waals surface area contributed by atoms with Crippen LogP contribution in [0.2, 0.25) is 0 Å². The number of aliphatic hydroxyl groups excluding tert-OH is 2. The lowest BCUT2D eigenvalue weighted by molar-refractivity contribution is -0.139. The van der Waals surface area contributed by atoms with Gasteiger partial charge in [-0.2, -0.15) is 23.5 Å². The lowest BCUT2D eigenvalue weighted by Crippen LogP contribution is -2.38. The number of fused-ring (bicyclic) bond motifs is 2. The predicted octanol–water partition coefficient (Wildman–Crippen LogP) is 1.07. The average Bonchev–Trinajstić information content (AvgIpc) is 3.81. The quantitative estimate of drug-likeness (QED) is 0.0676. The maximum atomic E-state index is 11.8. The molecule has 0 radical (unpaired) electrons. The Hall–Kier alpha value is -2.41. The number of imidazole rings is 1. The van der Waals surface area contributed by atoms with Crippen molar-refractivity contribution in [3.8, 4) is 0 Å². The number of nitrogens with one attached hydrogen (secondary N) is 4. The van der Waals surface area contributed by atoms with Crippen LogP contribution in [0.5, 0.6) is 0 Å². The maximum Gasteiger partial charge on any atom is 0.320 e. The fourth-order valence-corrected chi connectivity index (χ4v) is 9.03. The van der Waals surface area contributed by atoms with Gasteiger partial charge in [0.1, 0.15) is 30.1 Å². The average molecular weight is 696 g/mol. The Morgan fingerprint density at radius 3 is 2.64 bits per heavy atom. The van der Waals surface area contributed by atoms with Gasteiger partial charge in [-0.05, 0) is 57.5 Å². The van der Waals surface area contributed by atoms with Crippen molar-refractivity contribution in [1.82, 2.24) is 40.8 Å². The molecule has 0 unspecified atom stereocenters. The molecule has 5 heterocycles. The molecule has 17 heteroatoms. The van der Waals surface area contributed by atoms with Crippen LogP contribution in [0.4, 0.5) is 10.6 Å². The van der Waals surface area contributed by atoms with Crippen molar-refractivity contribution >= 4 is 52.5 Å². The van der Waals surface area contributed by atoms with Crippen LogP contribution in [0.3, 0.4) is 0 Å². The summed E-state index contributed by atoms with van der Waals surface area (Å²) < 4.78 is 7.50. The lowest BCUT2D eigenvalue weighted by Gasteiger charge is -2.17. The number of urea groups is 1. The van der Waals surface area contributed by atoms with E-state index < -0.39 is 36.6 Å². The summed E-state index contributed by atoms with van der Waals surface area (Å²) in [5.74, 6) is 1.33. The topological polar surface area (TPSA) is 222 Å². The number of aliphatic hydroxyl groups is 2. The Morgan fingerprint density at radius 2 is 1.85 bits per heavy atom. The van der Waals surface area contributed by atoms with Crippen molar-refractivity contribution in [2.75, 3.05) is 42.6 Å². The van der Waals surface area contributed by atoms with Crippen molar-refractivity contribution in [3.63, 3.8) is 0 Å². The van der Waals surface area contributed by atoms with Crippen molar-refractivity contribution in [2.24, 2.45) is 0 Å². The smallest absolute Gasteiger partial charge is 0.320 e. The largest absolute Gasteiger partial charge is 0.480 e. The first kappa shape index (κ1) is 35.9. The summed E-state index contributed by atoms with van der Waals surface area (Å²) in [7, 11) is 0. The summed E-state index contributed by atoms with van der Waals surface area (Å²) in [5.41, 5.74) is 6.65. The minimum Gasteiger partial charge on any atom is -0.480 e. The van der Waals surface area contributed by atoms with Crippen LogP contribution in [0, 0.1) is 0 Å². The molecule has 0 aliphatic carbocycles. The number of nitrogens with two attached hydrogens (primary N) is 1. The monoisotopic (exact) mass is 695 g/mol. The molecule has 0 saturated carbocycles. The minimum absolute atomic E-state index is 0.0161. The van der Waals surface area contributed by atoms with E-state index in [0.717, 1.165) is 50.9 Å². The highest BCUT2D eigenvalue weighted by atomic mass is 32.2. The molecule has 2 aromatic heterocycles. The van der Waals surface area contributed by atoms with E-state index in [-0.39, 0.29) is 11.8 Å². The number of rotatable bonds is 21. The van der Waals surface area contributed by atoms with Gasteiger partial charge in [0.05, 0.1) is 24.5 Å². The number of hydrogen-bond acceptors (Lipinski definition) is 13. The summed E-state index contributed by atoms with van der Waals surface area (Å²) in [6.07, 6.45) is 8.32. The number of amides is 2. The summed E-state index contributed by atoms with van der Waals surface area (Å²) >= 11 is 3.46. The SMILES string of the molecule is Nc1ncnc2c1ncn2[C@@H]1O[C@H](CSCC[C@H](NCCCCCCNCCCCC[C@H]2SC[C@H]3NC(=O)N[C@H]32)C(=O)O)[C@@H](O)[C@H]1O. The van der Waals surface area contributed by atoms with Gasteiger partial charge in [0, 0.05) is 16.8 Å². The number of aliphatic carboxylic acids is 1. The van der Waals surface area contributed by atoms with E-state index in [9.17, 15) is 24.9 Å². The van der Waals surface area contributed by atoms with Crippen molar-refractivity contribution < 1.29 is 29.6 Å². The van der Waals surface area contributed by atoms with E-state index >= 15 is 0 Å². The summed E-state index contributed by atoms with van der Waals surface area (Å²) in [6.45, 7) is 2.68. The van der Waals surface area contributed by atoms with Gasteiger partial charge in [0.2, 0.25) is 0 Å². The number of carbonyl (C=O) groups is 2. The Kier molecular flexibility index (Phi) is 13.6. The fraction of sp³-hybridized carbons (Fsp3) is 0.767. The van der Waals surface area contributed by atoms with Crippen LogP contribution in [-0.4, -0.2) is 125 Å². The number of hydrogen-bond donors (Lipinski definition) is 8. The minimum atomic E-state index is -1.18. The van der Waals surface area contributed by atoms with Gasteiger partial charge >= 0.3 is 12.0 Å². The third-order valence-electron chi connectivity index (χ3n) is 9.08. The van der Waals surface area contributed by atoms with Gasteiger partial charge in [-0.25, -0.2) is 19.7 Å². The van der Waals surface area contributed by atoms with Crippen LogP contribution in [-0.2, 0) is 9.53 Å². The number of thioether (sulfide) groups is 2. The molecule has 3 saturated heterocycles. The van der Waals surface area contributed by atoms with Gasteiger partial charge in [0.15, 0.2) is 17.7 Å². The molecule has 0 bridgehead atoms. The Balaban J connectivity index is 0.859. The Bertz CT molecular complexity index is 1310. The zero-order valence-corrected chi connectivity index (χ0v) is 28.3. The van der Waals surface area contributed by atoms with Crippen LogP contribution >= 0.6 is 23.5 Å². The molecule has 262 valence electrons. The van der Waals surface area contributed by atoms with E-state index in [0.29, 0.717) is 53.0 Å². The number of anilines is 1. The second-order valence-electron chi connectivity index (χ2n) is 12.5. The molecule has 47 heavy (non-hydrogen) atoms. The number of unbranched alkanes of at least 4 members (excludes halogenated alkanes) is 5. The first-order valence-electron chi connectivity index (χ1n) is 16.7. The number of nitrogens with zero attached hydrogens (tertiary/aromatic N) is 4. The Morgan fingerprint density at radius 1 is 1.09 bits per heavy atom. The fourth-order valence-electron chi connectivity index (χ4n) is 6.41. The molecule has 2 amide bonds. The van der Waals surface area contributed by atoms with Gasteiger partial charge in [-0.3, -0.25) is 9.36 Å². The van der Waals surface area contributed by atoms with Crippen LogP contribution in [0.15, 0.2) is 12.7 Å². The Labute approximate surface area is 283 Å². The molecule has 8 atom stereocenters. The zero-order chi connectivity index (χ0) is 33.2. The maximum absolute atomic E-state index is 11.8. The number of aromatic nitrogens is 4. The highest BCUT2D eigenvalue weighted by Gasteiger charge is 2.44. The molecule has 5 rings (SSSR count). The van der Waals surface area contributed by atoms with Gasteiger partial charge in [-0.1, -0.05) is 25.7 Å². The first-order valence-corrected chi connectivity index (χ1v) is 18.9. The van der Waals surface area contributed by atoms with Crippen molar-refractivity contribution in [2.45, 2.75) is 106 Å². The van der Waals surface area contributed by atoms with Crippen LogP contribution in [0.25, 0.3) is 11.2 Å². The molecular formula is C30H49N9O6S2. The number of carboxylic acid groups (broad SMARTS) is 1. The summed E-state index contributed by atoms with van der Waals surface area (Å²) in [6, 6.07) is -0.0501. The third kappa shape index (κ3) is 9.61. The number of carboxylic acids is 1. The normalized spacial score (nSPS) is 27.6. The van der Waals surface area contributed by atoms with E-state index in [1.807, 2.05) is 11.8 Å². The van der Waals surface area contributed by atoms with E-state index in [2.05, 4.69) is 36.2 Å². The second kappa shape index (κ2) is 17.8. The third-order valence-corrected chi connectivity index (χ3v) is 11.7. The van der Waals surface area contributed by atoms with Crippen molar-refractivity contribution in [3.05, 3.63) is 12.7 Å². The van der Waals surface area contributed by atoms with E-state index in [1.54, 1.807) is 0 Å². The number of carbonyl (C=O) groups excluding carboxylic acids is 1. The predicted molar refractivity (Wildman–Crippen MR) is 182 cm³/mol. The molecule has 0 spiro atoms. The molecule has 3 aliphatic rings. The molecule has 2 aromatic rings. The molecule has 15 nitrogen and oxygen atoms in total. The molecular weight excluding hydrogens is 647 g/mol. The standard InChI is InChI=1S/C30H49N9O6S2/c31-26-23-27(35-16-34-26)39(17-36-23)28-25(41)24(40)20(45-28)15-46-13-9-18(29(42)43)33-12-7-2-1-5-10-32-11-6-3-4-8-21-22-19(14-47-21)37-30(44)38-22/h16-22,24-25,28,32-33,40-41H,1-15H2,(H,42,43)(H2,31,34,35)(H2,37,38,44)/t18-,19+,20+,21+,22+,24+,25+,28+/m0/s1. The highest BCUT2D eigenvalue weighted by Crippen LogP contribution is 2.34. The van der Waals surface area contributed by atoms with Crippen LogP contribution in [0.1, 0.15) is 64.0 Å². The van der Waals surface area contributed by atoms with Crippen LogP contribution < -0.4 is 27.0 Å². The van der Waals surface area contributed by atoms with E-state index in [1.165, 1.54) is 48.2 Å². The molecule has 3 fully saturated rings. The number of ether oxygens (including phenoxy) is 1.